The molecule has 8 heteroatoms. The summed E-state index contributed by atoms with van der Waals surface area (Å²) >= 11 is 1.38. The van der Waals surface area contributed by atoms with Crippen LogP contribution in [0.4, 0.5) is 5.13 Å². The fourth-order valence-electron chi connectivity index (χ4n) is 2.93. The summed E-state index contributed by atoms with van der Waals surface area (Å²) in [5.41, 5.74) is 3.52. The average molecular weight is 390 g/mol. The van der Waals surface area contributed by atoms with E-state index in [1.54, 1.807) is 29.5 Å². The minimum atomic E-state index is -0.160. The first-order chi connectivity index (χ1) is 13.7. The molecule has 0 unspecified atom stereocenters. The first-order valence-electron chi connectivity index (χ1n) is 8.68. The Balaban J connectivity index is 1.70. The van der Waals surface area contributed by atoms with Crippen LogP contribution in [-0.4, -0.2) is 30.2 Å². The molecule has 0 atom stereocenters. The van der Waals surface area contributed by atoms with Crippen molar-refractivity contribution in [1.82, 2.24) is 24.3 Å². The molecule has 140 valence electrons. The molecule has 1 N–H and O–H groups in total. The zero-order valence-electron chi connectivity index (χ0n) is 15.0. The molecule has 0 fully saturated rings. The van der Waals surface area contributed by atoms with E-state index in [9.17, 15) is 4.79 Å². The van der Waals surface area contributed by atoms with Gasteiger partial charge in [0.25, 0.3) is 0 Å². The summed E-state index contributed by atoms with van der Waals surface area (Å²) in [5, 5.41) is 9.58. The second-order valence-corrected chi connectivity index (χ2v) is 6.96. The van der Waals surface area contributed by atoms with E-state index in [2.05, 4.69) is 27.0 Å². The van der Waals surface area contributed by atoms with Crippen molar-refractivity contribution in [3.63, 3.8) is 0 Å². The monoisotopic (exact) mass is 390 g/mol. The molecule has 0 radical (unpaired) electrons. The predicted octanol–water partition coefficient (Wildman–Crippen LogP) is 3.69. The highest BCUT2D eigenvalue weighted by Gasteiger charge is 2.18. The molecular formula is C20H18N6OS. The summed E-state index contributed by atoms with van der Waals surface area (Å²) in [6, 6.07) is 9.90. The number of hydrogen-bond acceptors (Lipinski definition) is 5. The molecule has 1 aromatic carbocycles. The highest BCUT2D eigenvalue weighted by atomic mass is 32.1. The number of imidazole rings is 1. The van der Waals surface area contributed by atoms with Crippen molar-refractivity contribution >= 4 is 22.4 Å². The standard InChI is InChI=1S/C20H18N6OS/c1-2-9-26-12-16(11-23-26)19-18(15-6-4-3-5-7-15)22-14-25(19)13-17(27)24-20-21-8-10-28-20/h2-8,10-12,14H,1,9,13H2,(H,21,24,27). The number of thiazole rings is 1. The van der Waals surface area contributed by atoms with Crippen molar-refractivity contribution < 1.29 is 4.79 Å². The Kier molecular flexibility index (Phi) is 5.11. The minimum absolute atomic E-state index is 0.126. The number of allylic oxidation sites excluding steroid dienone is 1. The van der Waals surface area contributed by atoms with E-state index < -0.39 is 0 Å². The third-order valence-corrected chi connectivity index (χ3v) is 4.79. The first kappa shape index (κ1) is 17.9. The molecule has 4 rings (SSSR count). The van der Waals surface area contributed by atoms with Crippen LogP contribution in [0.15, 0.2) is 73.3 Å². The van der Waals surface area contributed by atoms with E-state index in [-0.39, 0.29) is 12.5 Å². The topological polar surface area (TPSA) is 77.6 Å². The highest BCUT2D eigenvalue weighted by Crippen LogP contribution is 2.31. The number of nitrogens with one attached hydrogen (secondary N) is 1. The number of carbonyl (C=O) groups is 1. The van der Waals surface area contributed by atoms with Crippen LogP contribution in [0, 0.1) is 0 Å². The Morgan fingerprint density at radius 1 is 1.21 bits per heavy atom. The maximum atomic E-state index is 12.5. The third-order valence-electron chi connectivity index (χ3n) is 4.10. The number of rotatable bonds is 7. The normalized spacial score (nSPS) is 10.7. The van der Waals surface area contributed by atoms with Crippen LogP contribution in [0.2, 0.25) is 0 Å². The van der Waals surface area contributed by atoms with Crippen molar-refractivity contribution in [2.75, 3.05) is 5.32 Å². The number of hydrogen-bond donors (Lipinski definition) is 1. The Hall–Kier alpha value is -3.52. The number of anilines is 1. The lowest BCUT2D eigenvalue weighted by Gasteiger charge is -2.09. The molecule has 0 bridgehead atoms. The SMILES string of the molecule is C=CCn1cc(-c2c(-c3ccccc3)ncn2CC(=O)Nc2nccs2)cn1. The maximum Gasteiger partial charge on any atom is 0.246 e. The van der Waals surface area contributed by atoms with Gasteiger partial charge in [-0.15, -0.1) is 17.9 Å². The lowest BCUT2D eigenvalue weighted by Crippen LogP contribution is -2.18. The second-order valence-electron chi connectivity index (χ2n) is 6.06. The molecule has 0 saturated heterocycles. The summed E-state index contributed by atoms with van der Waals surface area (Å²) < 4.78 is 3.63. The third kappa shape index (κ3) is 3.77. The number of nitrogens with zero attached hydrogens (tertiary/aromatic N) is 5. The highest BCUT2D eigenvalue weighted by molar-refractivity contribution is 7.13. The molecule has 3 heterocycles. The summed E-state index contributed by atoms with van der Waals surface area (Å²) in [4.78, 5) is 21.2. The van der Waals surface area contributed by atoms with Gasteiger partial charge in [0.1, 0.15) is 6.54 Å². The molecule has 0 saturated carbocycles. The largest absolute Gasteiger partial charge is 0.320 e. The van der Waals surface area contributed by atoms with Gasteiger partial charge in [-0.25, -0.2) is 9.97 Å². The van der Waals surface area contributed by atoms with E-state index in [1.807, 2.05) is 46.5 Å². The lowest BCUT2D eigenvalue weighted by molar-refractivity contribution is -0.116. The van der Waals surface area contributed by atoms with Gasteiger partial charge in [-0.1, -0.05) is 36.4 Å². The summed E-state index contributed by atoms with van der Waals surface area (Å²) in [6.07, 6.45) is 8.84. The van der Waals surface area contributed by atoms with E-state index in [0.717, 1.165) is 22.5 Å². The van der Waals surface area contributed by atoms with Crippen molar-refractivity contribution in [2.45, 2.75) is 13.1 Å². The number of amides is 1. The van der Waals surface area contributed by atoms with Crippen LogP contribution in [-0.2, 0) is 17.9 Å². The van der Waals surface area contributed by atoms with E-state index in [4.69, 9.17) is 0 Å². The van der Waals surface area contributed by atoms with Crippen LogP contribution in [0.25, 0.3) is 22.5 Å². The smallest absolute Gasteiger partial charge is 0.246 e. The Bertz CT molecular complexity index is 1080. The van der Waals surface area contributed by atoms with Crippen LogP contribution in [0.3, 0.4) is 0 Å². The van der Waals surface area contributed by atoms with Gasteiger partial charge in [0.15, 0.2) is 5.13 Å². The summed E-state index contributed by atoms with van der Waals surface area (Å²) in [6.45, 7) is 4.49. The number of benzene rings is 1. The molecule has 28 heavy (non-hydrogen) atoms. The van der Waals surface area contributed by atoms with Crippen molar-refractivity contribution in [3.8, 4) is 22.5 Å². The summed E-state index contributed by atoms with van der Waals surface area (Å²) in [5.74, 6) is -0.160. The van der Waals surface area contributed by atoms with Crippen molar-refractivity contribution in [2.24, 2.45) is 0 Å². The Morgan fingerprint density at radius 2 is 2.07 bits per heavy atom. The lowest BCUT2D eigenvalue weighted by atomic mass is 10.1. The second kappa shape index (κ2) is 8.01. The van der Waals surface area contributed by atoms with Gasteiger partial charge in [0.05, 0.1) is 30.5 Å². The Morgan fingerprint density at radius 3 is 2.82 bits per heavy atom. The summed E-state index contributed by atoms with van der Waals surface area (Å²) in [7, 11) is 0. The zero-order chi connectivity index (χ0) is 19.3. The van der Waals surface area contributed by atoms with Gasteiger partial charge in [0, 0.05) is 28.9 Å². The molecule has 0 aliphatic rings. The molecule has 0 aliphatic heterocycles. The number of aromatic nitrogens is 5. The van der Waals surface area contributed by atoms with E-state index in [1.165, 1.54) is 11.3 Å². The quantitative estimate of drug-likeness (QED) is 0.488. The maximum absolute atomic E-state index is 12.5. The molecule has 7 nitrogen and oxygen atoms in total. The van der Waals surface area contributed by atoms with Gasteiger partial charge < -0.3 is 9.88 Å². The fraction of sp³-hybridized carbons (Fsp3) is 0.100. The van der Waals surface area contributed by atoms with Gasteiger partial charge in [0.2, 0.25) is 5.91 Å². The van der Waals surface area contributed by atoms with Gasteiger partial charge in [-0.3, -0.25) is 9.48 Å². The van der Waals surface area contributed by atoms with E-state index in [0.29, 0.717) is 11.7 Å². The zero-order valence-corrected chi connectivity index (χ0v) is 15.8. The van der Waals surface area contributed by atoms with Crippen LogP contribution >= 0.6 is 11.3 Å². The first-order valence-corrected chi connectivity index (χ1v) is 9.56. The number of carbonyl (C=O) groups excluding carboxylic acids is 1. The molecule has 0 spiro atoms. The molecule has 3 aromatic heterocycles. The molecule has 0 aliphatic carbocycles. The van der Waals surface area contributed by atoms with Crippen molar-refractivity contribution in [1.29, 1.82) is 0 Å². The fourth-order valence-corrected chi connectivity index (χ4v) is 3.47. The van der Waals surface area contributed by atoms with Crippen molar-refractivity contribution in [3.05, 3.63) is 73.3 Å². The van der Waals surface area contributed by atoms with Crippen LogP contribution < -0.4 is 5.32 Å². The molecular weight excluding hydrogens is 372 g/mol. The predicted molar refractivity (Wildman–Crippen MR) is 110 cm³/mol. The average Bonchev–Trinajstić information content (AvgIpc) is 3.44. The van der Waals surface area contributed by atoms with Gasteiger partial charge >= 0.3 is 0 Å². The van der Waals surface area contributed by atoms with E-state index >= 15 is 0 Å². The Labute approximate surface area is 166 Å². The minimum Gasteiger partial charge on any atom is -0.320 e. The van der Waals surface area contributed by atoms with Crippen LogP contribution in [0.5, 0.6) is 0 Å². The molecule has 1 amide bonds. The molecule has 4 aromatic rings. The van der Waals surface area contributed by atoms with Gasteiger partial charge in [-0.2, -0.15) is 5.10 Å². The van der Waals surface area contributed by atoms with Crippen LogP contribution in [0.1, 0.15) is 0 Å². The van der Waals surface area contributed by atoms with Gasteiger partial charge in [-0.05, 0) is 0 Å².